The molecule has 1 heterocycles. The van der Waals surface area contributed by atoms with Crippen molar-refractivity contribution < 1.29 is 0 Å². The first kappa shape index (κ1) is 12.9. The molecule has 1 saturated heterocycles. The Labute approximate surface area is 112 Å². The highest BCUT2D eigenvalue weighted by molar-refractivity contribution is 9.10. The van der Waals surface area contributed by atoms with Gasteiger partial charge in [0.05, 0.1) is 0 Å². The number of rotatable bonds is 3. The number of anilines is 1. The summed E-state index contributed by atoms with van der Waals surface area (Å²) in [7, 11) is 0. The highest BCUT2D eigenvalue weighted by Crippen LogP contribution is 2.31. The number of nitrogens with two attached hydrogens (primary N) is 1. The lowest BCUT2D eigenvalue weighted by Gasteiger charge is -2.22. The molecular weight excluding hydrogens is 276 g/mol. The van der Waals surface area contributed by atoms with Crippen LogP contribution >= 0.6 is 15.9 Å². The fourth-order valence-electron chi connectivity index (χ4n) is 2.54. The highest BCUT2D eigenvalue weighted by atomic mass is 79.9. The third-order valence-electron chi connectivity index (χ3n) is 3.78. The number of benzene rings is 1. The van der Waals surface area contributed by atoms with Gasteiger partial charge in [-0.05, 0) is 48.6 Å². The van der Waals surface area contributed by atoms with Gasteiger partial charge in [0.1, 0.15) is 0 Å². The van der Waals surface area contributed by atoms with Gasteiger partial charge in [-0.2, -0.15) is 0 Å². The Morgan fingerprint density at radius 1 is 1.29 bits per heavy atom. The Morgan fingerprint density at radius 3 is 2.53 bits per heavy atom. The van der Waals surface area contributed by atoms with Gasteiger partial charge in [0.25, 0.3) is 0 Å². The lowest BCUT2D eigenvalue weighted by Crippen LogP contribution is -2.21. The monoisotopic (exact) mass is 296 g/mol. The second kappa shape index (κ2) is 5.40. The molecule has 2 nitrogen and oxygen atoms in total. The maximum absolute atomic E-state index is 5.70. The van der Waals surface area contributed by atoms with E-state index in [9.17, 15) is 0 Å². The summed E-state index contributed by atoms with van der Waals surface area (Å²) in [6.07, 6.45) is 0.952. The smallest absolute Gasteiger partial charge is 0.0400 e. The summed E-state index contributed by atoms with van der Waals surface area (Å²) in [5.74, 6) is 1.56. The second-order valence-electron chi connectivity index (χ2n) is 5.17. The van der Waals surface area contributed by atoms with E-state index in [4.69, 9.17) is 5.73 Å². The molecule has 0 aromatic heterocycles. The minimum absolute atomic E-state index is 0.711. The topological polar surface area (TPSA) is 29.3 Å². The van der Waals surface area contributed by atoms with E-state index in [1.165, 1.54) is 24.3 Å². The number of halogens is 1. The molecule has 1 aliphatic heterocycles. The lowest BCUT2D eigenvalue weighted by molar-refractivity contribution is 0.494. The second-order valence-corrected chi connectivity index (χ2v) is 6.09. The fraction of sp³-hybridized carbons (Fsp3) is 0.571. The standard InChI is InChI=1S/C14H21BrN2/c1-10-8-17(9-11(10)2)14-4-3-13(15)7-12(14)5-6-16/h3-4,7,10-11H,5-6,8-9,16H2,1-2H3. The van der Waals surface area contributed by atoms with E-state index in [2.05, 4.69) is 52.9 Å². The van der Waals surface area contributed by atoms with E-state index in [1.54, 1.807) is 0 Å². The molecule has 0 saturated carbocycles. The van der Waals surface area contributed by atoms with E-state index < -0.39 is 0 Å². The van der Waals surface area contributed by atoms with Gasteiger partial charge in [-0.15, -0.1) is 0 Å². The summed E-state index contributed by atoms with van der Waals surface area (Å²) < 4.78 is 1.14. The van der Waals surface area contributed by atoms with Gasteiger partial charge < -0.3 is 10.6 Å². The van der Waals surface area contributed by atoms with Crippen LogP contribution in [0.1, 0.15) is 19.4 Å². The fourth-order valence-corrected chi connectivity index (χ4v) is 2.95. The normalized spacial score (nSPS) is 24.4. The average molecular weight is 297 g/mol. The van der Waals surface area contributed by atoms with Crippen molar-refractivity contribution in [1.82, 2.24) is 0 Å². The SMILES string of the molecule is CC1CN(c2ccc(Br)cc2CCN)CC1C. The van der Waals surface area contributed by atoms with Crippen molar-refractivity contribution in [1.29, 1.82) is 0 Å². The molecule has 0 amide bonds. The molecule has 1 aromatic carbocycles. The maximum atomic E-state index is 5.70. The van der Waals surface area contributed by atoms with Crippen LogP contribution in [-0.4, -0.2) is 19.6 Å². The van der Waals surface area contributed by atoms with Crippen molar-refractivity contribution in [2.45, 2.75) is 20.3 Å². The van der Waals surface area contributed by atoms with E-state index >= 15 is 0 Å². The Hall–Kier alpha value is -0.540. The van der Waals surface area contributed by atoms with E-state index in [1.807, 2.05) is 0 Å². The molecule has 2 unspecified atom stereocenters. The summed E-state index contributed by atoms with van der Waals surface area (Å²) >= 11 is 3.54. The molecule has 94 valence electrons. The minimum Gasteiger partial charge on any atom is -0.371 e. The first-order chi connectivity index (χ1) is 8.11. The van der Waals surface area contributed by atoms with Crippen molar-refractivity contribution in [2.75, 3.05) is 24.5 Å². The summed E-state index contributed by atoms with van der Waals surface area (Å²) in [5, 5.41) is 0. The van der Waals surface area contributed by atoms with Crippen LogP contribution in [0, 0.1) is 11.8 Å². The molecule has 0 spiro atoms. The van der Waals surface area contributed by atoms with Gasteiger partial charge in [-0.3, -0.25) is 0 Å². The van der Waals surface area contributed by atoms with Gasteiger partial charge in [0.2, 0.25) is 0 Å². The van der Waals surface area contributed by atoms with Gasteiger partial charge >= 0.3 is 0 Å². The highest BCUT2D eigenvalue weighted by Gasteiger charge is 2.27. The van der Waals surface area contributed by atoms with Crippen LogP contribution in [0.5, 0.6) is 0 Å². The van der Waals surface area contributed by atoms with Gasteiger partial charge in [-0.25, -0.2) is 0 Å². The van der Waals surface area contributed by atoms with Crippen LogP contribution < -0.4 is 10.6 Å². The molecule has 0 bridgehead atoms. The van der Waals surface area contributed by atoms with Crippen molar-refractivity contribution >= 4 is 21.6 Å². The number of hydrogen-bond acceptors (Lipinski definition) is 2. The van der Waals surface area contributed by atoms with Crippen LogP contribution in [0.4, 0.5) is 5.69 Å². The van der Waals surface area contributed by atoms with Crippen LogP contribution in [0.15, 0.2) is 22.7 Å². The summed E-state index contributed by atoms with van der Waals surface area (Å²) in [4.78, 5) is 2.51. The van der Waals surface area contributed by atoms with Crippen LogP contribution in [0.25, 0.3) is 0 Å². The predicted molar refractivity (Wildman–Crippen MR) is 77.4 cm³/mol. The van der Waals surface area contributed by atoms with E-state index in [0.29, 0.717) is 6.54 Å². The molecule has 17 heavy (non-hydrogen) atoms. The summed E-state index contributed by atoms with van der Waals surface area (Å²) in [5.41, 5.74) is 8.43. The van der Waals surface area contributed by atoms with E-state index in [0.717, 1.165) is 22.7 Å². The van der Waals surface area contributed by atoms with Crippen molar-refractivity contribution in [3.05, 3.63) is 28.2 Å². The molecule has 1 aliphatic rings. The van der Waals surface area contributed by atoms with Crippen LogP contribution in [-0.2, 0) is 6.42 Å². The van der Waals surface area contributed by atoms with Gasteiger partial charge in [0.15, 0.2) is 0 Å². The summed E-state index contributed by atoms with van der Waals surface area (Å²) in [6, 6.07) is 6.55. The molecule has 0 radical (unpaired) electrons. The lowest BCUT2D eigenvalue weighted by atomic mass is 10.0. The molecular formula is C14H21BrN2. The van der Waals surface area contributed by atoms with E-state index in [-0.39, 0.29) is 0 Å². The first-order valence-electron chi connectivity index (χ1n) is 6.35. The predicted octanol–water partition coefficient (Wildman–Crippen LogP) is 3.04. The Kier molecular flexibility index (Phi) is 4.10. The molecule has 2 N–H and O–H groups in total. The zero-order chi connectivity index (χ0) is 12.4. The number of hydrogen-bond donors (Lipinski definition) is 1. The van der Waals surface area contributed by atoms with Crippen LogP contribution in [0.2, 0.25) is 0 Å². The maximum Gasteiger partial charge on any atom is 0.0400 e. The molecule has 1 fully saturated rings. The molecule has 3 heteroatoms. The van der Waals surface area contributed by atoms with Crippen molar-refractivity contribution in [2.24, 2.45) is 17.6 Å². The molecule has 1 aromatic rings. The van der Waals surface area contributed by atoms with Gasteiger partial charge in [-0.1, -0.05) is 29.8 Å². The summed E-state index contributed by atoms with van der Waals surface area (Å²) in [6.45, 7) is 7.72. The zero-order valence-corrected chi connectivity index (χ0v) is 12.2. The third kappa shape index (κ3) is 2.83. The Bertz CT molecular complexity index is 382. The van der Waals surface area contributed by atoms with Crippen molar-refractivity contribution in [3.63, 3.8) is 0 Å². The van der Waals surface area contributed by atoms with Gasteiger partial charge in [0, 0.05) is 23.2 Å². The molecule has 0 aliphatic carbocycles. The average Bonchev–Trinajstić information content (AvgIpc) is 2.60. The third-order valence-corrected chi connectivity index (χ3v) is 4.28. The first-order valence-corrected chi connectivity index (χ1v) is 7.14. The zero-order valence-electron chi connectivity index (χ0n) is 10.6. The van der Waals surface area contributed by atoms with Crippen molar-refractivity contribution in [3.8, 4) is 0 Å². The molecule has 2 atom stereocenters. The number of nitrogens with zero attached hydrogens (tertiary/aromatic N) is 1. The largest absolute Gasteiger partial charge is 0.371 e. The Balaban J connectivity index is 2.25. The van der Waals surface area contributed by atoms with Crippen LogP contribution in [0.3, 0.4) is 0 Å². The Morgan fingerprint density at radius 2 is 1.94 bits per heavy atom. The minimum atomic E-state index is 0.711. The quantitative estimate of drug-likeness (QED) is 0.929. The molecule has 2 rings (SSSR count).